The number of para-hydroxylation sites is 1. The maximum Gasteiger partial charge on any atom is 0.471 e. The Morgan fingerprint density at radius 3 is 2.41 bits per heavy atom. The molecule has 32 heavy (non-hydrogen) atoms. The van der Waals surface area contributed by atoms with E-state index in [1.54, 1.807) is 12.4 Å². The van der Waals surface area contributed by atoms with Crippen LogP contribution in [0.4, 0.5) is 13.2 Å². The summed E-state index contributed by atoms with van der Waals surface area (Å²) in [4.78, 5) is 16.8. The molecule has 7 heteroatoms. The molecule has 1 unspecified atom stereocenters. The second-order valence-corrected chi connectivity index (χ2v) is 8.24. The summed E-state index contributed by atoms with van der Waals surface area (Å²) in [5.74, 6) is -0.114. The largest absolute Gasteiger partial charge is 0.471 e. The SMILES string of the molecule is O=C(N1CCC(C2c3ccccc3Oc3cc(-c4cccnc4)ccc32)CC1)C(F)(F)F. The number of halogens is 3. The Balaban J connectivity index is 1.46. The lowest BCUT2D eigenvalue weighted by Gasteiger charge is -2.39. The molecule has 1 amide bonds. The molecule has 1 aromatic heterocycles. The van der Waals surface area contributed by atoms with E-state index >= 15 is 0 Å². The fraction of sp³-hybridized carbons (Fsp3) is 0.280. The standard InChI is InChI=1S/C25H21F3N2O2/c26-25(27,28)24(31)30-12-9-16(10-13-30)23-19-5-1-2-6-21(19)32-22-14-17(7-8-20(22)23)18-4-3-11-29-15-18/h1-8,11,14-16,23H,9-10,12-13H2. The molecule has 5 rings (SSSR count). The second kappa shape index (κ2) is 7.97. The van der Waals surface area contributed by atoms with Crippen LogP contribution in [0.5, 0.6) is 11.5 Å². The highest BCUT2D eigenvalue weighted by molar-refractivity contribution is 5.82. The van der Waals surface area contributed by atoms with Gasteiger partial charge in [0.2, 0.25) is 0 Å². The van der Waals surface area contributed by atoms with Gasteiger partial charge in [0.15, 0.2) is 0 Å². The number of rotatable bonds is 2. The molecule has 1 fully saturated rings. The lowest BCUT2D eigenvalue weighted by atomic mass is 9.74. The first-order chi connectivity index (χ1) is 15.4. The molecule has 2 aliphatic rings. The zero-order valence-corrected chi connectivity index (χ0v) is 17.2. The van der Waals surface area contributed by atoms with E-state index in [1.807, 2.05) is 54.6 Å². The molecule has 1 atom stereocenters. The molecule has 0 spiro atoms. The summed E-state index contributed by atoms with van der Waals surface area (Å²) < 4.78 is 44.8. The third-order valence-electron chi connectivity index (χ3n) is 6.36. The van der Waals surface area contributed by atoms with Crippen LogP contribution < -0.4 is 4.74 Å². The lowest BCUT2D eigenvalue weighted by Crippen LogP contribution is -2.46. The van der Waals surface area contributed by atoms with Crippen LogP contribution in [0.3, 0.4) is 0 Å². The molecule has 164 valence electrons. The van der Waals surface area contributed by atoms with Crippen LogP contribution in [0.2, 0.25) is 0 Å². The smallest absolute Gasteiger partial charge is 0.457 e. The fourth-order valence-electron chi connectivity index (χ4n) is 4.83. The van der Waals surface area contributed by atoms with Crippen molar-refractivity contribution >= 4 is 5.91 Å². The van der Waals surface area contributed by atoms with Crippen LogP contribution in [-0.2, 0) is 4.79 Å². The van der Waals surface area contributed by atoms with Crippen molar-refractivity contribution in [2.75, 3.05) is 13.1 Å². The minimum absolute atomic E-state index is 0.000960. The number of fused-ring (bicyclic) bond motifs is 2. The van der Waals surface area contributed by atoms with Gasteiger partial charge in [0.05, 0.1) is 0 Å². The van der Waals surface area contributed by atoms with Gasteiger partial charge in [-0.05, 0) is 42.5 Å². The molecule has 3 heterocycles. The summed E-state index contributed by atoms with van der Waals surface area (Å²) in [6.45, 7) is 0.206. The van der Waals surface area contributed by atoms with Crippen LogP contribution in [0.15, 0.2) is 67.0 Å². The van der Waals surface area contributed by atoms with Gasteiger partial charge in [-0.2, -0.15) is 13.2 Å². The fourth-order valence-corrected chi connectivity index (χ4v) is 4.83. The number of ether oxygens (including phenoxy) is 1. The third kappa shape index (κ3) is 3.72. The van der Waals surface area contributed by atoms with Crippen molar-refractivity contribution in [3.8, 4) is 22.6 Å². The number of benzene rings is 2. The third-order valence-corrected chi connectivity index (χ3v) is 6.36. The van der Waals surface area contributed by atoms with Crippen LogP contribution >= 0.6 is 0 Å². The Kier molecular flexibility index (Phi) is 5.12. The molecule has 2 aromatic carbocycles. The number of nitrogens with zero attached hydrogens (tertiary/aromatic N) is 2. The average Bonchev–Trinajstić information content (AvgIpc) is 2.82. The Bertz CT molecular complexity index is 1140. The molecule has 0 bridgehead atoms. The number of alkyl halides is 3. The van der Waals surface area contributed by atoms with Gasteiger partial charge in [-0.15, -0.1) is 0 Å². The lowest BCUT2D eigenvalue weighted by molar-refractivity contribution is -0.186. The first-order valence-corrected chi connectivity index (χ1v) is 10.6. The van der Waals surface area contributed by atoms with E-state index in [-0.39, 0.29) is 24.9 Å². The monoisotopic (exact) mass is 438 g/mol. The zero-order chi connectivity index (χ0) is 22.3. The van der Waals surface area contributed by atoms with Crippen LogP contribution in [0.1, 0.15) is 29.9 Å². The van der Waals surface area contributed by atoms with Gasteiger partial charge in [0.25, 0.3) is 0 Å². The van der Waals surface area contributed by atoms with E-state index in [0.717, 1.165) is 38.7 Å². The summed E-state index contributed by atoms with van der Waals surface area (Å²) in [5.41, 5.74) is 4.03. The van der Waals surface area contributed by atoms with Gasteiger partial charge >= 0.3 is 12.1 Å². The van der Waals surface area contributed by atoms with Crippen molar-refractivity contribution in [2.24, 2.45) is 5.92 Å². The summed E-state index contributed by atoms with van der Waals surface area (Å²) in [7, 11) is 0. The number of hydrogen-bond acceptors (Lipinski definition) is 3. The maximum atomic E-state index is 12.8. The Labute approximate surface area is 183 Å². The molecule has 0 radical (unpaired) electrons. The minimum atomic E-state index is -4.83. The molecule has 0 aliphatic carbocycles. The Hall–Kier alpha value is -3.35. The highest BCUT2D eigenvalue weighted by Gasteiger charge is 2.44. The second-order valence-electron chi connectivity index (χ2n) is 8.24. The van der Waals surface area contributed by atoms with Crippen molar-refractivity contribution in [2.45, 2.75) is 24.9 Å². The number of likely N-dealkylation sites (tertiary alicyclic amines) is 1. The molecule has 1 saturated heterocycles. The van der Waals surface area contributed by atoms with Crippen LogP contribution in [0.25, 0.3) is 11.1 Å². The number of carbonyl (C=O) groups is 1. The van der Waals surface area contributed by atoms with Gasteiger partial charge in [-0.25, -0.2) is 0 Å². The van der Waals surface area contributed by atoms with Crippen LogP contribution in [-0.4, -0.2) is 35.1 Å². The summed E-state index contributed by atoms with van der Waals surface area (Å²) in [6.07, 6.45) is -0.299. The normalized spacial score (nSPS) is 18.5. The predicted molar refractivity (Wildman–Crippen MR) is 113 cm³/mol. The summed E-state index contributed by atoms with van der Waals surface area (Å²) >= 11 is 0. The maximum absolute atomic E-state index is 12.8. The van der Waals surface area contributed by atoms with E-state index in [9.17, 15) is 18.0 Å². The molecule has 4 nitrogen and oxygen atoms in total. The zero-order valence-electron chi connectivity index (χ0n) is 17.2. The molecule has 0 N–H and O–H groups in total. The molecule has 0 saturated carbocycles. The number of hydrogen-bond donors (Lipinski definition) is 0. The number of amides is 1. The Morgan fingerprint density at radius 1 is 0.938 bits per heavy atom. The van der Waals surface area contributed by atoms with Gasteiger partial charge < -0.3 is 9.64 Å². The van der Waals surface area contributed by atoms with Crippen LogP contribution in [0, 0.1) is 5.92 Å². The topological polar surface area (TPSA) is 42.4 Å². The molecule has 2 aliphatic heterocycles. The van der Waals surface area contributed by atoms with E-state index in [0.29, 0.717) is 12.8 Å². The molecular weight excluding hydrogens is 417 g/mol. The summed E-state index contributed by atoms with van der Waals surface area (Å²) in [5, 5.41) is 0. The van der Waals surface area contributed by atoms with E-state index in [4.69, 9.17) is 4.74 Å². The van der Waals surface area contributed by atoms with Crippen molar-refractivity contribution in [1.29, 1.82) is 0 Å². The predicted octanol–water partition coefficient (Wildman–Crippen LogP) is 5.79. The number of pyridine rings is 1. The van der Waals surface area contributed by atoms with Crippen molar-refractivity contribution < 1.29 is 22.7 Å². The molecule has 3 aromatic rings. The van der Waals surface area contributed by atoms with E-state index < -0.39 is 12.1 Å². The van der Waals surface area contributed by atoms with Crippen molar-refractivity contribution in [3.05, 3.63) is 78.1 Å². The highest BCUT2D eigenvalue weighted by atomic mass is 19.4. The van der Waals surface area contributed by atoms with E-state index in [2.05, 4.69) is 4.98 Å². The number of piperidine rings is 1. The molecular formula is C25H21F3N2O2. The minimum Gasteiger partial charge on any atom is -0.457 e. The van der Waals surface area contributed by atoms with Gasteiger partial charge in [0.1, 0.15) is 11.5 Å². The first-order valence-electron chi connectivity index (χ1n) is 10.6. The number of aromatic nitrogens is 1. The quantitative estimate of drug-likeness (QED) is 0.509. The average molecular weight is 438 g/mol. The Morgan fingerprint density at radius 2 is 1.69 bits per heavy atom. The first kappa shape index (κ1) is 20.5. The number of carbonyl (C=O) groups excluding carboxylic acids is 1. The van der Waals surface area contributed by atoms with Gasteiger partial charge in [-0.1, -0.05) is 36.4 Å². The van der Waals surface area contributed by atoms with Crippen molar-refractivity contribution in [3.63, 3.8) is 0 Å². The van der Waals surface area contributed by atoms with Gasteiger partial charge in [0, 0.05) is 48.1 Å². The summed E-state index contributed by atoms with van der Waals surface area (Å²) in [6, 6.07) is 17.7. The highest BCUT2D eigenvalue weighted by Crippen LogP contribution is 2.50. The van der Waals surface area contributed by atoms with Gasteiger partial charge in [-0.3, -0.25) is 9.78 Å². The van der Waals surface area contributed by atoms with E-state index in [1.165, 1.54) is 0 Å². The van der Waals surface area contributed by atoms with Crippen molar-refractivity contribution in [1.82, 2.24) is 9.88 Å².